The summed E-state index contributed by atoms with van der Waals surface area (Å²) < 4.78 is 1.82. The van der Waals surface area contributed by atoms with Crippen LogP contribution < -0.4 is 5.32 Å². The number of benzene rings is 1. The van der Waals surface area contributed by atoms with Gasteiger partial charge in [-0.2, -0.15) is 0 Å². The van der Waals surface area contributed by atoms with Crippen LogP contribution in [0.1, 0.15) is 21.7 Å². The molecule has 0 bridgehead atoms. The number of carbonyl (C=O) groups excluding carboxylic acids is 2. The molecule has 0 radical (unpaired) electrons. The summed E-state index contributed by atoms with van der Waals surface area (Å²) in [6.07, 6.45) is 0. The lowest BCUT2D eigenvalue weighted by Gasteiger charge is -2.17. The Bertz CT molecular complexity index is 686. The first kappa shape index (κ1) is 15.8. The number of hydrogen-bond donors (Lipinski definition) is 1. The summed E-state index contributed by atoms with van der Waals surface area (Å²) in [4.78, 5) is 25.8. The Kier molecular flexibility index (Phi) is 4.65. The van der Waals surface area contributed by atoms with Crippen molar-refractivity contribution in [1.82, 2.24) is 9.47 Å². The van der Waals surface area contributed by atoms with Gasteiger partial charge in [0.05, 0.1) is 6.54 Å². The zero-order valence-corrected chi connectivity index (χ0v) is 13.4. The number of rotatable bonds is 4. The molecule has 22 heavy (non-hydrogen) atoms. The van der Waals surface area contributed by atoms with Crippen LogP contribution in [0.4, 0.5) is 5.69 Å². The number of hydrogen-bond acceptors (Lipinski definition) is 2. The third-order valence-corrected chi connectivity index (χ3v) is 3.65. The summed E-state index contributed by atoms with van der Waals surface area (Å²) >= 11 is 0. The number of nitrogens with one attached hydrogen (secondary N) is 1. The van der Waals surface area contributed by atoms with Crippen molar-refractivity contribution in [1.29, 1.82) is 0 Å². The summed E-state index contributed by atoms with van der Waals surface area (Å²) in [5.41, 5.74) is 3.43. The topological polar surface area (TPSA) is 54.3 Å². The lowest BCUT2D eigenvalue weighted by Crippen LogP contribution is -2.35. The molecule has 2 amide bonds. The molecule has 2 rings (SSSR count). The van der Waals surface area contributed by atoms with Crippen LogP contribution in [0.3, 0.4) is 0 Å². The Labute approximate surface area is 130 Å². The van der Waals surface area contributed by atoms with Crippen molar-refractivity contribution >= 4 is 17.5 Å². The van der Waals surface area contributed by atoms with Gasteiger partial charge in [-0.05, 0) is 38.1 Å². The molecular formula is C17H21N3O2. The maximum absolute atomic E-state index is 12.3. The van der Waals surface area contributed by atoms with Crippen LogP contribution in [0.2, 0.25) is 0 Å². The highest BCUT2D eigenvalue weighted by atomic mass is 16.2. The molecule has 0 aliphatic carbocycles. The van der Waals surface area contributed by atoms with E-state index in [1.54, 1.807) is 13.1 Å². The van der Waals surface area contributed by atoms with Gasteiger partial charge in [0.2, 0.25) is 5.91 Å². The molecule has 0 saturated carbocycles. The number of carbonyl (C=O) groups is 2. The fraction of sp³-hybridized carbons (Fsp3) is 0.294. The molecule has 0 atom stereocenters. The van der Waals surface area contributed by atoms with Crippen molar-refractivity contribution in [2.45, 2.75) is 13.8 Å². The van der Waals surface area contributed by atoms with Crippen LogP contribution >= 0.6 is 0 Å². The SMILES string of the molecule is Cc1ccc(NC(=O)CN(C)C(=O)c2ccc(C)n2C)cc1. The fourth-order valence-electron chi connectivity index (χ4n) is 2.15. The van der Waals surface area contributed by atoms with Gasteiger partial charge in [-0.15, -0.1) is 0 Å². The molecule has 1 aromatic heterocycles. The van der Waals surface area contributed by atoms with Crippen molar-refractivity contribution in [3.63, 3.8) is 0 Å². The number of nitrogens with zero attached hydrogens (tertiary/aromatic N) is 2. The second-order valence-electron chi connectivity index (χ2n) is 5.49. The van der Waals surface area contributed by atoms with E-state index in [4.69, 9.17) is 0 Å². The minimum Gasteiger partial charge on any atom is -0.344 e. The maximum atomic E-state index is 12.3. The molecule has 0 saturated heterocycles. The standard InChI is InChI=1S/C17H21N3O2/c1-12-5-8-14(9-6-12)18-16(21)11-19(3)17(22)15-10-7-13(2)20(15)4/h5-10H,11H2,1-4H3,(H,18,21). The Morgan fingerprint density at radius 1 is 1.09 bits per heavy atom. The Balaban J connectivity index is 1.97. The third kappa shape index (κ3) is 3.55. The first-order valence-electron chi connectivity index (χ1n) is 7.13. The van der Waals surface area contributed by atoms with Gasteiger partial charge in [0.15, 0.2) is 0 Å². The van der Waals surface area contributed by atoms with Crippen LogP contribution in [0.5, 0.6) is 0 Å². The fourth-order valence-corrected chi connectivity index (χ4v) is 2.15. The zero-order valence-electron chi connectivity index (χ0n) is 13.4. The number of aryl methyl sites for hydroxylation is 2. The average molecular weight is 299 g/mol. The van der Waals surface area contributed by atoms with E-state index in [1.807, 2.05) is 55.8 Å². The minimum absolute atomic E-state index is 0.0109. The largest absolute Gasteiger partial charge is 0.344 e. The molecule has 0 aliphatic rings. The smallest absolute Gasteiger partial charge is 0.270 e. The molecule has 1 N–H and O–H groups in total. The Hall–Kier alpha value is -2.56. The van der Waals surface area contributed by atoms with Crippen LogP contribution in [-0.4, -0.2) is 34.9 Å². The van der Waals surface area contributed by atoms with Crippen LogP contribution in [0.25, 0.3) is 0 Å². The third-order valence-electron chi connectivity index (χ3n) is 3.65. The Morgan fingerprint density at radius 2 is 1.73 bits per heavy atom. The lowest BCUT2D eigenvalue weighted by molar-refractivity contribution is -0.116. The van der Waals surface area contributed by atoms with Crippen molar-refractivity contribution in [2.24, 2.45) is 7.05 Å². The van der Waals surface area contributed by atoms with Crippen molar-refractivity contribution in [2.75, 3.05) is 18.9 Å². The van der Waals surface area contributed by atoms with Gasteiger partial charge in [0.1, 0.15) is 5.69 Å². The highest BCUT2D eigenvalue weighted by molar-refractivity contribution is 5.98. The Morgan fingerprint density at radius 3 is 2.27 bits per heavy atom. The van der Waals surface area contributed by atoms with Crippen molar-refractivity contribution < 1.29 is 9.59 Å². The summed E-state index contributed by atoms with van der Waals surface area (Å²) in [5.74, 6) is -0.389. The lowest BCUT2D eigenvalue weighted by atomic mass is 10.2. The molecule has 0 spiro atoms. The first-order valence-corrected chi connectivity index (χ1v) is 7.13. The highest BCUT2D eigenvalue weighted by Gasteiger charge is 2.18. The zero-order chi connectivity index (χ0) is 16.3. The van der Waals surface area contributed by atoms with Crippen molar-refractivity contribution in [3.8, 4) is 0 Å². The van der Waals surface area contributed by atoms with E-state index in [-0.39, 0.29) is 18.4 Å². The number of anilines is 1. The van der Waals surface area contributed by atoms with E-state index >= 15 is 0 Å². The van der Waals surface area contributed by atoms with Gasteiger partial charge < -0.3 is 14.8 Å². The maximum Gasteiger partial charge on any atom is 0.270 e. The minimum atomic E-state index is -0.217. The van der Waals surface area contributed by atoms with Crippen LogP contribution in [0.15, 0.2) is 36.4 Å². The first-order chi connectivity index (χ1) is 10.4. The summed E-state index contributed by atoms with van der Waals surface area (Å²) in [5, 5.41) is 2.79. The van der Waals surface area contributed by atoms with Crippen LogP contribution in [0, 0.1) is 13.8 Å². The normalized spacial score (nSPS) is 10.4. The molecule has 0 unspecified atom stereocenters. The molecule has 5 heteroatoms. The van der Waals surface area contributed by atoms with Gasteiger partial charge in [-0.3, -0.25) is 9.59 Å². The predicted octanol–water partition coefficient (Wildman–Crippen LogP) is 2.35. The molecule has 1 aromatic carbocycles. The average Bonchev–Trinajstić information content (AvgIpc) is 2.80. The summed E-state index contributed by atoms with van der Waals surface area (Å²) in [6, 6.07) is 11.2. The van der Waals surface area contributed by atoms with E-state index in [9.17, 15) is 9.59 Å². The van der Waals surface area contributed by atoms with Gasteiger partial charge in [-0.25, -0.2) is 0 Å². The number of likely N-dealkylation sites (N-methyl/N-ethyl adjacent to an activating group) is 1. The van der Waals surface area contributed by atoms with Gasteiger partial charge in [0.25, 0.3) is 5.91 Å². The summed E-state index contributed by atoms with van der Waals surface area (Å²) in [7, 11) is 3.46. The quantitative estimate of drug-likeness (QED) is 0.942. The highest BCUT2D eigenvalue weighted by Crippen LogP contribution is 2.10. The molecule has 0 aliphatic heterocycles. The summed E-state index contributed by atoms with van der Waals surface area (Å²) in [6.45, 7) is 3.93. The van der Waals surface area contributed by atoms with Gasteiger partial charge in [-0.1, -0.05) is 17.7 Å². The van der Waals surface area contributed by atoms with E-state index < -0.39 is 0 Å². The molecular weight excluding hydrogens is 278 g/mol. The van der Waals surface area contributed by atoms with Gasteiger partial charge in [0, 0.05) is 25.5 Å². The van der Waals surface area contributed by atoms with E-state index in [0.29, 0.717) is 5.69 Å². The number of amides is 2. The van der Waals surface area contributed by atoms with E-state index in [1.165, 1.54) is 4.90 Å². The predicted molar refractivity (Wildman–Crippen MR) is 86.9 cm³/mol. The molecule has 2 aromatic rings. The molecule has 5 nitrogen and oxygen atoms in total. The second-order valence-corrected chi connectivity index (χ2v) is 5.49. The second kappa shape index (κ2) is 6.47. The monoisotopic (exact) mass is 299 g/mol. The molecule has 0 fully saturated rings. The van der Waals surface area contributed by atoms with Crippen LogP contribution in [-0.2, 0) is 11.8 Å². The molecule has 116 valence electrons. The van der Waals surface area contributed by atoms with E-state index in [2.05, 4.69) is 5.32 Å². The van der Waals surface area contributed by atoms with E-state index in [0.717, 1.165) is 16.9 Å². The number of aromatic nitrogens is 1. The van der Waals surface area contributed by atoms with Crippen molar-refractivity contribution in [3.05, 3.63) is 53.3 Å². The molecule has 1 heterocycles. The van der Waals surface area contributed by atoms with Gasteiger partial charge >= 0.3 is 0 Å².